The number of sulfonamides is 1. The Morgan fingerprint density at radius 3 is 2.61 bits per heavy atom. The zero-order valence-electron chi connectivity index (χ0n) is 15.6. The lowest BCUT2D eigenvalue weighted by molar-refractivity contribution is -0.147. The van der Waals surface area contributed by atoms with Crippen LogP contribution in [0.4, 0.5) is 0 Å². The van der Waals surface area contributed by atoms with Gasteiger partial charge in [-0.05, 0) is 24.5 Å². The van der Waals surface area contributed by atoms with E-state index >= 15 is 0 Å². The molecule has 0 bridgehead atoms. The number of benzene rings is 1. The SMILES string of the molecule is C=CCc1ccccc1OCC#CCNS(=O)(=O)CCN1C(=O)CCCC1=O. The van der Waals surface area contributed by atoms with Crippen molar-refractivity contribution >= 4 is 21.8 Å². The third-order valence-electron chi connectivity index (χ3n) is 4.11. The molecule has 0 radical (unpaired) electrons. The number of imide groups is 1. The second-order valence-corrected chi connectivity index (χ2v) is 8.10. The van der Waals surface area contributed by atoms with Gasteiger partial charge in [0.05, 0.1) is 12.3 Å². The Morgan fingerprint density at radius 1 is 1.18 bits per heavy atom. The lowest BCUT2D eigenvalue weighted by atomic mass is 10.1. The van der Waals surface area contributed by atoms with Gasteiger partial charge in [0.15, 0.2) is 0 Å². The smallest absolute Gasteiger partial charge is 0.229 e. The van der Waals surface area contributed by atoms with Crippen molar-refractivity contribution in [1.29, 1.82) is 0 Å². The van der Waals surface area contributed by atoms with Crippen LogP contribution >= 0.6 is 0 Å². The number of nitrogens with one attached hydrogen (secondary N) is 1. The number of carbonyl (C=O) groups excluding carboxylic acids is 2. The van der Waals surface area contributed by atoms with Gasteiger partial charge in [-0.2, -0.15) is 0 Å². The molecule has 0 aliphatic carbocycles. The van der Waals surface area contributed by atoms with Gasteiger partial charge in [-0.3, -0.25) is 14.5 Å². The highest BCUT2D eigenvalue weighted by Gasteiger charge is 2.26. The highest BCUT2D eigenvalue weighted by molar-refractivity contribution is 7.89. The zero-order valence-corrected chi connectivity index (χ0v) is 16.5. The lowest BCUT2D eigenvalue weighted by Crippen LogP contribution is -2.44. The summed E-state index contributed by atoms with van der Waals surface area (Å²) in [6, 6.07) is 7.56. The first-order valence-corrected chi connectivity index (χ1v) is 10.7. The number of amides is 2. The van der Waals surface area contributed by atoms with Crippen molar-refractivity contribution in [2.45, 2.75) is 25.7 Å². The molecule has 0 saturated carbocycles. The Hall–Kier alpha value is -2.63. The molecule has 1 aromatic carbocycles. The van der Waals surface area contributed by atoms with Crippen LogP contribution in [-0.2, 0) is 26.0 Å². The molecule has 1 saturated heterocycles. The number of hydrogen-bond donors (Lipinski definition) is 1. The molecule has 0 aromatic heterocycles. The fourth-order valence-corrected chi connectivity index (χ4v) is 3.53. The van der Waals surface area contributed by atoms with Crippen molar-refractivity contribution in [2.75, 3.05) is 25.4 Å². The van der Waals surface area contributed by atoms with Crippen LogP contribution in [0.1, 0.15) is 24.8 Å². The van der Waals surface area contributed by atoms with Crippen LogP contribution in [0.5, 0.6) is 5.75 Å². The molecule has 8 heteroatoms. The number of ether oxygens (including phenoxy) is 1. The van der Waals surface area contributed by atoms with Crippen LogP contribution < -0.4 is 9.46 Å². The minimum Gasteiger partial charge on any atom is -0.481 e. The summed E-state index contributed by atoms with van der Waals surface area (Å²) in [5, 5.41) is 0. The van der Waals surface area contributed by atoms with Crippen LogP contribution in [0, 0.1) is 11.8 Å². The highest BCUT2D eigenvalue weighted by atomic mass is 32.2. The fourth-order valence-electron chi connectivity index (χ4n) is 2.68. The minimum atomic E-state index is -3.63. The van der Waals surface area contributed by atoms with E-state index in [2.05, 4.69) is 23.1 Å². The Morgan fingerprint density at radius 2 is 1.89 bits per heavy atom. The Balaban J connectivity index is 1.74. The number of piperidine rings is 1. The summed E-state index contributed by atoms with van der Waals surface area (Å²) in [5.74, 6) is 5.18. The van der Waals surface area contributed by atoms with Gasteiger partial charge in [0.1, 0.15) is 12.4 Å². The lowest BCUT2D eigenvalue weighted by Gasteiger charge is -2.24. The molecule has 1 N–H and O–H groups in total. The fraction of sp³-hybridized carbons (Fsp3) is 0.400. The molecule has 2 amide bonds. The van der Waals surface area contributed by atoms with E-state index in [0.717, 1.165) is 10.5 Å². The van der Waals surface area contributed by atoms with Crippen molar-refractivity contribution in [2.24, 2.45) is 0 Å². The van der Waals surface area contributed by atoms with E-state index in [1.807, 2.05) is 24.3 Å². The van der Waals surface area contributed by atoms with Gasteiger partial charge in [-0.1, -0.05) is 36.1 Å². The predicted molar refractivity (Wildman–Crippen MR) is 106 cm³/mol. The molecule has 28 heavy (non-hydrogen) atoms. The highest BCUT2D eigenvalue weighted by Crippen LogP contribution is 2.18. The molecule has 7 nitrogen and oxygen atoms in total. The second-order valence-electron chi connectivity index (χ2n) is 6.18. The summed E-state index contributed by atoms with van der Waals surface area (Å²) in [4.78, 5) is 24.4. The van der Waals surface area contributed by atoms with E-state index in [0.29, 0.717) is 18.6 Å². The maximum Gasteiger partial charge on any atom is 0.229 e. The zero-order chi connectivity index (χ0) is 20.4. The number of hydrogen-bond acceptors (Lipinski definition) is 5. The number of allylic oxidation sites excluding steroid dienone is 1. The summed E-state index contributed by atoms with van der Waals surface area (Å²) in [6.45, 7) is 3.63. The second kappa shape index (κ2) is 10.6. The molecule has 1 aliphatic heterocycles. The summed E-state index contributed by atoms with van der Waals surface area (Å²) in [5.41, 5.74) is 1.00. The molecule has 1 heterocycles. The van der Waals surface area contributed by atoms with E-state index in [9.17, 15) is 18.0 Å². The summed E-state index contributed by atoms with van der Waals surface area (Å²) in [6.07, 6.45) is 3.55. The van der Waals surface area contributed by atoms with Crippen molar-refractivity contribution < 1.29 is 22.7 Å². The van der Waals surface area contributed by atoms with E-state index in [4.69, 9.17) is 4.74 Å². The molecule has 1 aromatic rings. The van der Waals surface area contributed by atoms with E-state index < -0.39 is 10.0 Å². The predicted octanol–water partition coefficient (Wildman–Crippen LogP) is 1.26. The van der Waals surface area contributed by atoms with Crippen LogP contribution in [0.3, 0.4) is 0 Å². The van der Waals surface area contributed by atoms with E-state index in [-0.39, 0.29) is 50.1 Å². The molecule has 0 unspecified atom stereocenters. The van der Waals surface area contributed by atoms with Gasteiger partial charge in [0.25, 0.3) is 0 Å². The van der Waals surface area contributed by atoms with Crippen molar-refractivity contribution in [1.82, 2.24) is 9.62 Å². The minimum absolute atomic E-state index is 0.0676. The number of likely N-dealkylation sites (tertiary alicyclic amines) is 1. The number of nitrogens with zero attached hydrogens (tertiary/aromatic N) is 1. The molecule has 1 fully saturated rings. The third-order valence-corrected chi connectivity index (χ3v) is 5.41. The Bertz CT molecular complexity index is 867. The summed E-state index contributed by atoms with van der Waals surface area (Å²) in [7, 11) is -3.63. The molecular weight excluding hydrogens is 380 g/mol. The molecule has 1 aliphatic rings. The largest absolute Gasteiger partial charge is 0.481 e. The van der Waals surface area contributed by atoms with Gasteiger partial charge >= 0.3 is 0 Å². The maximum absolute atomic E-state index is 12.0. The normalized spacial score (nSPS) is 14.4. The quantitative estimate of drug-likeness (QED) is 0.380. The number of rotatable bonds is 9. The topological polar surface area (TPSA) is 92.8 Å². The van der Waals surface area contributed by atoms with Crippen molar-refractivity contribution in [3.8, 4) is 17.6 Å². The Kier molecular flexibility index (Phi) is 8.23. The van der Waals surface area contributed by atoms with Gasteiger partial charge in [0, 0.05) is 19.4 Å². The number of para-hydroxylation sites is 1. The molecule has 150 valence electrons. The number of carbonyl (C=O) groups is 2. The standard InChI is InChI=1S/C20H24N2O5S/c1-2-8-17-9-3-4-10-18(17)27-15-6-5-13-21-28(25,26)16-14-22-19(23)11-7-12-20(22)24/h2-4,9-10,21H,1,7-8,11-16H2. The van der Waals surface area contributed by atoms with E-state index in [1.165, 1.54) is 0 Å². The van der Waals surface area contributed by atoms with Crippen LogP contribution in [0.25, 0.3) is 0 Å². The summed E-state index contributed by atoms with van der Waals surface area (Å²) < 4.78 is 31.9. The van der Waals surface area contributed by atoms with Crippen LogP contribution in [-0.4, -0.2) is 50.6 Å². The molecular formula is C20H24N2O5S. The summed E-state index contributed by atoms with van der Waals surface area (Å²) >= 11 is 0. The van der Waals surface area contributed by atoms with Gasteiger partial charge in [-0.15, -0.1) is 6.58 Å². The average Bonchev–Trinajstić information content (AvgIpc) is 2.65. The molecule has 0 spiro atoms. The van der Waals surface area contributed by atoms with Crippen molar-refractivity contribution in [3.05, 3.63) is 42.5 Å². The van der Waals surface area contributed by atoms with Crippen LogP contribution in [0.2, 0.25) is 0 Å². The average molecular weight is 404 g/mol. The first-order chi connectivity index (χ1) is 13.4. The molecule has 0 atom stereocenters. The van der Waals surface area contributed by atoms with Gasteiger partial charge < -0.3 is 4.74 Å². The van der Waals surface area contributed by atoms with Gasteiger partial charge in [0.2, 0.25) is 21.8 Å². The third kappa shape index (κ3) is 6.83. The van der Waals surface area contributed by atoms with Crippen LogP contribution in [0.15, 0.2) is 36.9 Å². The first-order valence-electron chi connectivity index (χ1n) is 9.01. The van der Waals surface area contributed by atoms with E-state index in [1.54, 1.807) is 6.08 Å². The maximum atomic E-state index is 12.0. The monoisotopic (exact) mass is 404 g/mol. The van der Waals surface area contributed by atoms with Crippen molar-refractivity contribution in [3.63, 3.8) is 0 Å². The Labute approximate surface area is 165 Å². The van der Waals surface area contributed by atoms with Gasteiger partial charge in [-0.25, -0.2) is 13.1 Å². The first kappa shape index (κ1) is 21.7. The molecule has 2 rings (SSSR count).